The topological polar surface area (TPSA) is 25.6 Å². The van der Waals surface area contributed by atoms with Crippen molar-refractivity contribution in [1.82, 2.24) is 4.90 Å². The Labute approximate surface area is 143 Å². The zero-order valence-corrected chi connectivity index (χ0v) is 14.2. The maximum atomic E-state index is 5.38. The minimum Gasteiger partial charge on any atom is -0.497 e. The highest BCUT2D eigenvalue weighted by atomic mass is 16.5. The van der Waals surface area contributed by atoms with E-state index in [4.69, 9.17) is 9.47 Å². The third-order valence-electron chi connectivity index (χ3n) is 4.28. The highest BCUT2D eigenvalue weighted by Gasteiger charge is 2.11. The largest absolute Gasteiger partial charge is 0.497 e. The van der Waals surface area contributed by atoms with E-state index in [1.807, 2.05) is 12.1 Å². The summed E-state index contributed by atoms with van der Waals surface area (Å²) >= 11 is 0. The van der Waals surface area contributed by atoms with Crippen LogP contribution in [0.2, 0.25) is 0 Å². The van der Waals surface area contributed by atoms with Crippen LogP contribution in [-0.2, 0) is 11.3 Å². The summed E-state index contributed by atoms with van der Waals surface area (Å²) in [7, 11) is 1.68. The molecule has 24 heavy (non-hydrogen) atoms. The molecule has 0 unspecified atom stereocenters. The van der Waals surface area contributed by atoms with Gasteiger partial charge in [-0.05, 0) is 23.3 Å². The fourth-order valence-corrected chi connectivity index (χ4v) is 2.72. The third-order valence-corrected chi connectivity index (χ3v) is 4.28. The van der Waals surface area contributed by atoms with Crippen molar-refractivity contribution >= 4 is 12.2 Å². The summed E-state index contributed by atoms with van der Waals surface area (Å²) in [5, 5.41) is 0. The highest BCUT2D eigenvalue weighted by Crippen LogP contribution is 2.13. The molecule has 0 aliphatic carbocycles. The molecule has 126 valence electrons. The van der Waals surface area contributed by atoms with Crippen molar-refractivity contribution < 1.29 is 14.0 Å². The molecule has 0 N–H and O–H groups in total. The molecule has 1 aliphatic rings. The second-order valence-corrected chi connectivity index (χ2v) is 5.93. The first-order chi connectivity index (χ1) is 11.8. The second-order valence-electron chi connectivity index (χ2n) is 5.93. The van der Waals surface area contributed by atoms with Gasteiger partial charge in [-0.15, -0.1) is 0 Å². The number of aromatic nitrogens is 1. The quantitative estimate of drug-likeness (QED) is 0.763. The Morgan fingerprint density at radius 1 is 1.00 bits per heavy atom. The summed E-state index contributed by atoms with van der Waals surface area (Å²) < 4.78 is 12.8. The number of methoxy groups -OCH3 is 1. The average molecular weight is 325 g/mol. The van der Waals surface area contributed by atoms with E-state index < -0.39 is 0 Å². The Balaban J connectivity index is 1.52. The van der Waals surface area contributed by atoms with Gasteiger partial charge in [0, 0.05) is 25.2 Å². The van der Waals surface area contributed by atoms with Crippen LogP contribution in [0.3, 0.4) is 0 Å². The summed E-state index contributed by atoms with van der Waals surface area (Å²) in [6, 6.07) is 12.4. The van der Waals surface area contributed by atoms with Crippen LogP contribution >= 0.6 is 0 Å². The van der Waals surface area contributed by atoms with Crippen LogP contribution in [0, 0.1) is 0 Å². The van der Waals surface area contributed by atoms with Gasteiger partial charge in [0.25, 0.3) is 0 Å². The van der Waals surface area contributed by atoms with Crippen molar-refractivity contribution in [2.24, 2.45) is 0 Å². The zero-order valence-electron chi connectivity index (χ0n) is 14.2. The van der Waals surface area contributed by atoms with E-state index in [-0.39, 0.29) is 0 Å². The molecule has 0 bridgehead atoms. The fraction of sp³-hybridized carbons (Fsp3) is 0.350. The molecule has 2 heterocycles. The Morgan fingerprint density at radius 2 is 1.62 bits per heavy atom. The smallest absolute Gasteiger partial charge is 0.169 e. The predicted molar refractivity (Wildman–Crippen MR) is 95.8 cm³/mol. The van der Waals surface area contributed by atoms with Gasteiger partial charge in [-0.3, -0.25) is 4.90 Å². The van der Waals surface area contributed by atoms with Crippen molar-refractivity contribution in [2.75, 3.05) is 40.0 Å². The fourth-order valence-electron chi connectivity index (χ4n) is 2.72. The van der Waals surface area contributed by atoms with Crippen LogP contribution in [-0.4, -0.2) is 44.9 Å². The Kier molecular flexibility index (Phi) is 5.99. The van der Waals surface area contributed by atoms with Gasteiger partial charge in [-0.2, -0.15) is 0 Å². The lowest BCUT2D eigenvalue weighted by atomic mass is 10.1. The monoisotopic (exact) mass is 325 g/mol. The maximum absolute atomic E-state index is 5.38. The molecule has 0 atom stereocenters. The Morgan fingerprint density at radius 3 is 2.25 bits per heavy atom. The van der Waals surface area contributed by atoms with Gasteiger partial charge in [-0.1, -0.05) is 24.3 Å². The van der Waals surface area contributed by atoms with Crippen molar-refractivity contribution in [2.45, 2.75) is 6.54 Å². The molecule has 0 saturated carbocycles. The van der Waals surface area contributed by atoms with E-state index in [1.54, 1.807) is 7.11 Å². The summed E-state index contributed by atoms with van der Waals surface area (Å²) in [6.07, 6.45) is 8.54. The number of benzene rings is 1. The van der Waals surface area contributed by atoms with Crippen LogP contribution in [0.5, 0.6) is 5.75 Å². The van der Waals surface area contributed by atoms with Crippen LogP contribution in [0.15, 0.2) is 48.8 Å². The van der Waals surface area contributed by atoms with E-state index in [9.17, 15) is 0 Å². The molecule has 1 saturated heterocycles. The number of morpholine rings is 1. The first-order valence-corrected chi connectivity index (χ1v) is 8.45. The van der Waals surface area contributed by atoms with Crippen LogP contribution in [0.25, 0.3) is 12.2 Å². The van der Waals surface area contributed by atoms with Gasteiger partial charge in [0.05, 0.1) is 26.9 Å². The standard InChI is InChI=1S/C20H25N2O2/c1-23-20-6-4-18(5-7-20)2-3-19-8-10-21(11-9-19)12-13-22-14-16-24-17-15-22/h2-11H,12-17H2,1H3/q+1. The molecule has 0 radical (unpaired) electrons. The number of nitrogens with zero attached hydrogens (tertiary/aromatic N) is 2. The van der Waals surface area contributed by atoms with Crippen LogP contribution in [0.4, 0.5) is 0 Å². The van der Waals surface area contributed by atoms with Crippen molar-refractivity contribution in [1.29, 1.82) is 0 Å². The van der Waals surface area contributed by atoms with E-state index in [2.05, 4.69) is 58.3 Å². The van der Waals surface area contributed by atoms with Gasteiger partial charge in [0.15, 0.2) is 18.9 Å². The number of hydrogen-bond acceptors (Lipinski definition) is 3. The lowest BCUT2D eigenvalue weighted by Gasteiger charge is -2.25. The molecule has 2 aromatic rings. The second kappa shape index (κ2) is 8.62. The van der Waals surface area contributed by atoms with Crippen LogP contribution < -0.4 is 9.30 Å². The van der Waals surface area contributed by atoms with Crippen molar-refractivity contribution in [3.63, 3.8) is 0 Å². The first kappa shape index (κ1) is 16.7. The molecule has 1 fully saturated rings. The average Bonchev–Trinajstić information content (AvgIpc) is 2.67. The van der Waals surface area contributed by atoms with Crippen molar-refractivity contribution in [3.05, 3.63) is 59.9 Å². The van der Waals surface area contributed by atoms with E-state index >= 15 is 0 Å². The molecular weight excluding hydrogens is 300 g/mol. The molecule has 1 aromatic heterocycles. The minimum atomic E-state index is 0.861. The zero-order chi connectivity index (χ0) is 16.6. The maximum Gasteiger partial charge on any atom is 0.169 e. The molecule has 1 aliphatic heterocycles. The molecule has 4 heteroatoms. The van der Waals surface area contributed by atoms with Crippen molar-refractivity contribution in [3.8, 4) is 5.75 Å². The number of hydrogen-bond donors (Lipinski definition) is 0. The Bertz CT molecular complexity index is 644. The van der Waals surface area contributed by atoms with Gasteiger partial charge in [0.2, 0.25) is 0 Å². The van der Waals surface area contributed by atoms with E-state index in [0.29, 0.717) is 0 Å². The first-order valence-electron chi connectivity index (χ1n) is 8.45. The molecule has 0 spiro atoms. The van der Waals surface area contributed by atoms with Gasteiger partial charge >= 0.3 is 0 Å². The summed E-state index contributed by atoms with van der Waals surface area (Å²) in [5.74, 6) is 0.883. The highest BCUT2D eigenvalue weighted by molar-refractivity contribution is 5.69. The third kappa shape index (κ3) is 4.91. The molecular formula is C20H25N2O2+. The Hall–Kier alpha value is -2.17. The number of ether oxygens (including phenoxy) is 2. The lowest BCUT2D eigenvalue weighted by Crippen LogP contribution is -2.44. The molecule has 0 amide bonds. The minimum absolute atomic E-state index is 0.861. The molecule has 4 nitrogen and oxygen atoms in total. The SMILES string of the molecule is COc1ccc(C=Cc2cc[n+](CCN3CCOCC3)cc2)cc1. The van der Waals surface area contributed by atoms with Crippen LogP contribution in [0.1, 0.15) is 11.1 Å². The normalized spacial score (nSPS) is 15.7. The molecule has 3 rings (SSSR count). The molecule has 1 aromatic carbocycles. The predicted octanol–water partition coefficient (Wildman–Crippen LogP) is 2.49. The summed E-state index contributed by atoms with van der Waals surface area (Å²) in [5.41, 5.74) is 2.37. The van der Waals surface area contributed by atoms with E-state index in [1.165, 1.54) is 11.1 Å². The number of rotatable bonds is 6. The lowest BCUT2D eigenvalue weighted by molar-refractivity contribution is -0.696. The number of pyridine rings is 1. The van der Waals surface area contributed by atoms with E-state index in [0.717, 1.165) is 45.1 Å². The van der Waals surface area contributed by atoms with Gasteiger partial charge in [-0.25, -0.2) is 4.57 Å². The van der Waals surface area contributed by atoms with Gasteiger partial charge in [0.1, 0.15) is 5.75 Å². The summed E-state index contributed by atoms with van der Waals surface area (Å²) in [4.78, 5) is 2.45. The summed E-state index contributed by atoms with van der Waals surface area (Å²) in [6.45, 7) is 5.91. The van der Waals surface area contributed by atoms with Gasteiger partial charge < -0.3 is 9.47 Å².